The molecule has 5 heteroatoms. The van der Waals surface area contributed by atoms with Crippen molar-refractivity contribution >= 4 is 29.1 Å². The summed E-state index contributed by atoms with van der Waals surface area (Å²) in [4.78, 5) is 0. The molecule has 0 unspecified atom stereocenters. The second kappa shape index (κ2) is 6.48. The predicted molar refractivity (Wildman–Crippen MR) is 96.9 cm³/mol. The van der Waals surface area contributed by atoms with Gasteiger partial charge in [-0.05, 0) is 64.3 Å². The van der Waals surface area contributed by atoms with Gasteiger partial charge in [0.15, 0.2) is 0 Å². The fraction of sp³-hybridized carbons (Fsp3) is 0.529. The highest BCUT2D eigenvalue weighted by Crippen LogP contribution is 2.39. The van der Waals surface area contributed by atoms with Gasteiger partial charge in [0.25, 0.3) is 0 Å². The zero-order chi connectivity index (χ0) is 16.5. The third-order valence-electron chi connectivity index (χ3n) is 4.43. The van der Waals surface area contributed by atoms with E-state index in [0.717, 1.165) is 22.1 Å². The number of hydrogen-bond acceptors (Lipinski definition) is 3. The molecule has 0 saturated carbocycles. The van der Waals surface area contributed by atoms with Gasteiger partial charge >= 0.3 is 7.12 Å². The van der Waals surface area contributed by atoms with Crippen LogP contribution in [0, 0.1) is 6.92 Å². The number of aryl methyl sites for hydroxylation is 1. The van der Waals surface area contributed by atoms with E-state index in [-0.39, 0.29) is 18.3 Å². The van der Waals surface area contributed by atoms with Crippen LogP contribution in [0.1, 0.15) is 38.8 Å². The molecule has 0 aromatic heterocycles. The van der Waals surface area contributed by atoms with Crippen molar-refractivity contribution in [2.75, 3.05) is 13.6 Å². The Kier molecular flexibility index (Phi) is 5.22. The summed E-state index contributed by atoms with van der Waals surface area (Å²) in [6, 6.07) is 6.34. The Labute approximate surface area is 142 Å². The molecule has 1 fully saturated rings. The summed E-state index contributed by atoms with van der Waals surface area (Å²) < 4.78 is 13.4. The molecule has 120 valence electrons. The van der Waals surface area contributed by atoms with Gasteiger partial charge < -0.3 is 14.6 Å². The average molecular weight is 366 g/mol. The number of benzene rings is 1. The summed E-state index contributed by atoms with van der Waals surface area (Å²) in [5.74, 6) is 0. The lowest BCUT2D eigenvalue weighted by atomic mass is 9.77. The van der Waals surface area contributed by atoms with Crippen LogP contribution in [0.15, 0.2) is 28.1 Å². The summed E-state index contributed by atoms with van der Waals surface area (Å²) in [6.07, 6.45) is 2.14. The maximum Gasteiger partial charge on any atom is 0.491 e. The molecule has 1 aromatic carbocycles. The molecule has 1 aliphatic heterocycles. The lowest BCUT2D eigenvalue weighted by molar-refractivity contribution is 0.00578. The lowest BCUT2D eigenvalue weighted by Crippen LogP contribution is -2.41. The minimum absolute atomic E-state index is 0.324. The molecule has 0 radical (unpaired) electrons. The molecular formula is C17H25BBrNO2. The van der Waals surface area contributed by atoms with Crippen LogP contribution in [0.25, 0.3) is 6.08 Å². The Morgan fingerprint density at radius 1 is 1.23 bits per heavy atom. The molecule has 2 rings (SSSR count). The van der Waals surface area contributed by atoms with Gasteiger partial charge in [0.1, 0.15) is 0 Å². The van der Waals surface area contributed by atoms with Crippen molar-refractivity contribution in [2.45, 2.75) is 45.8 Å². The maximum absolute atomic E-state index is 6.17. The largest absolute Gasteiger partial charge is 0.491 e. The standard InChI is InChI=1S/C17H25BBrNO2/c1-12-7-8-13(15(19)9-12)10-14(11-20-6)18-21-16(2,3)17(4,5)22-18/h7-10,20H,11H2,1-6H3. The SMILES string of the molecule is CNCC(=Cc1ccc(C)cc1Br)B1OC(C)(C)C(C)(C)O1. The average Bonchev–Trinajstić information content (AvgIpc) is 2.61. The molecule has 3 nitrogen and oxygen atoms in total. The lowest BCUT2D eigenvalue weighted by Gasteiger charge is -2.32. The van der Waals surface area contributed by atoms with E-state index in [1.807, 2.05) is 7.05 Å². The smallest absolute Gasteiger partial charge is 0.400 e. The van der Waals surface area contributed by atoms with E-state index in [0.29, 0.717) is 0 Å². The number of hydrogen-bond donors (Lipinski definition) is 1. The highest BCUT2D eigenvalue weighted by atomic mass is 79.9. The molecule has 1 heterocycles. The summed E-state index contributed by atoms with van der Waals surface area (Å²) in [5, 5.41) is 3.21. The Morgan fingerprint density at radius 2 is 1.82 bits per heavy atom. The molecule has 0 amide bonds. The monoisotopic (exact) mass is 365 g/mol. The fourth-order valence-corrected chi connectivity index (χ4v) is 2.96. The first kappa shape index (κ1) is 17.7. The zero-order valence-electron chi connectivity index (χ0n) is 14.3. The number of likely N-dealkylation sites (N-methyl/N-ethyl adjacent to an activating group) is 1. The highest BCUT2D eigenvalue weighted by Gasteiger charge is 2.52. The van der Waals surface area contributed by atoms with Crippen LogP contribution in [0.2, 0.25) is 0 Å². The Morgan fingerprint density at radius 3 is 2.32 bits per heavy atom. The van der Waals surface area contributed by atoms with E-state index in [4.69, 9.17) is 9.31 Å². The Hall–Kier alpha value is -0.615. The van der Waals surface area contributed by atoms with E-state index >= 15 is 0 Å². The minimum atomic E-state index is -0.328. The number of nitrogens with one attached hydrogen (secondary N) is 1. The van der Waals surface area contributed by atoms with Crippen LogP contribution in [0.3, 0.4) is 0 Å². The first-order valence-corrected chi connectivity index (χ1v) is 8.42. The molecule has 1 aliphatic rings. The van der Waals surface area contributed by atoms with Crippen molar-refractivity contribution in [3.63, 3.8) is 0 Å². The fourth-order valence-electron chi connectivity index (χ4n) is 2.35. The van der Waals surface area contributed by atoms with Crippen LogP contribution in [-0.2, 0) is 9.31 Å². The summed E-state index contributed by atoms with van der Waals surface area (Å²) in [6.45, 7) is 11.1. The summed E-state index contributed by atoms with van der Waals surface area (Å²) in [7, 11) is 1.61. The van der Waals surface area contributed by atoms with Crippen LogP contribution in [0.5, 0.6) is 0 Å². The zero-order valence-corrected chi connectivity index (χ0v) is 15.9. The molecule has 1 aromatic rings. The van der Waals surface area contributed by atoms with Crippen molar-refractivity contribution in [1.29, 1.82) is 0 Å². The normalized spacial score (nSPS) is 20.5. The molecular weight excluding hydrogens is 341 g/mol. The number of halogens is 1. The third kappa shape index (κ3) is 3.65. The number of rotatable bonds is 4. The molecule has 1 N–H and O–H groups in total. The molecule has 1 saturated heterocycles. The summed E-state index contributed by atoms with van der Waals surface area (Å²) in [5.41, 5.74) is 2.80. The van der Waals surface area contributed by atoms with E-state index in [9.17, 15) is 0 Å². The first-order chi connectivity index (χ1) is 10.2. The Bertz CT molecular complexity index is 568. The maximum atomic E-state index is 6.17. The van der Waals surface area contributed by atoms with Gasteiger partial charge in [-0.1, -0.05) is 34.1 Å². The molecule has 0 spiro atoms. The van der Waals surface area contributed by atoms with Crippen LogP contribution >= 0.6 is 15.9 Å². The van der Waals surface area contributed by atoms with Crippen LogP contribution < -0.4 is 5.32 Å². The quantitative estimate of drug-likeness (QED) is 0.818. The van der Waals surface area contributed by atoms with E-state index < -0.39 is 0 Å². The van der Waals surface area contributed by atoms with E-state index in [2.05, 4.69) is 80.1 Å². The molecule has 22 heavy (non-hydrogen) atoms. The summed E-state index contributed by atoms with van der Waals surface area (Å²) >= 11 is 3.63. The van der Waals surface area contributed by atoms with Crippen LogP contribution in [0.4, 0.5) is 0 Å². The second-order valence-corrected chi connectivity index (χ2v) is 7.72. The van der Waals surface area contributed by atoms with E-state index in [1.54, 1.807) is 0 Å². The molecule has 0 bridgehead atoms. The van der Waals surface area contributed by atoms with Crippen molar-refractivity contribution in [3.8, 4) is 0 Å². The van der Waals surface area contributed by atoms with Crippen LogP contribution in [-0.4, -0.2) is 31.9 Å². The second-order valence-electron chi connectivity index (χ2n) is 6.86. The van der Waals surface area contributed by atoms with Gasteiger partial charge in [0, 0.05) is 11.0 Å². The molecule has 0 aliphatic carbocycles. The van der Waals surface area contributed by atoms with Crippen molar-refractivity contribution < 1.29 is 9.31 Å². The van der Waals surface area contributed by atoms with Crippen molar-refractivity contribution in [3.05, 3.63) is 39.3 Å². The van der Waals surface area contributed by atoms with Gasteiger partial charge in [-0.15, -0.1) is 0 Å². The van der Waals surface area contributed by atoms with Gasteiger partial charge in [-0.25, -0.2) is 0 Å². The highest BCUT2D eigenvalue weighted by molar-refractivity contribution is 9.10. The van der Waals surface area contributed by atoms with Crippen molar-refractivity contribution in [2.24, 2.45) is 0 Å². The minimum Gasteiger partial charge on any atom is -0.400 e. The predicted octanol–water partition coefficient (Wildman–Crippen LogP) is 3.99. The Balaban J connectivity index is 2.33. The van der Waals surface area contributed by atoms with Crippen molar-refractivity contribution in [1.82, 2.24) is 5.32 Å². The van der Waals surface area contributed by atoms with Gasteiger partial charge in [-0.2, -0.15) is 0 Å². The third-order valence-corrected chi connectivity index (χ3v) is 5.12. The van der Waals surface area contributed by atoms with Gasteiger partial charge in [0.2, 0.25) is 0 Å². The first-order valence-electron chi connectivity index (χ1n) is 7.63. The molecule has 0 atom stereocenters. The van der Waals surface area contributed by atoms with Gasteiger partial charge in [0.05, 0.1) is 11.2 Å². The van der Waals surface area contributed by atoms with E-state index in [1.165, 1.54) is 5.56 Å². The van der Waals surface area contributed by atoms with Gasteiger partial charge in [-0.3, -0.25) is 0 Å². The topological polar surface area (TPSA) is 30.5 Å².